The molecule has 1 N–H and O–H groups in total. The van der Waals surface area contributed by atoms with Crippen molar-refractivity contribution in [3.8, 4) is 11.4 Å². The lowest BCUT2D eigenvalue weighted by Crippen LogP contribution is -2.09. The lowest BCUT2D eigenvalue weighted by Gasteiger charge is -2.11. The number of alkyl halides is 3. The van der Waals surface area contributed by atoms with Gasteiger partial charge in [0.2, 0.25) is 0 Å². The van der Waals surface area contributed by atoms with E-state index >= 15 is 0 Å². The largest absolute Gasteiger partial charge is 0.477 e. The molecule has 0 unspecified atom stereocenters. The van der Waals surface area contributed by atoms with Crippen molar-refractivity contribution < 1.29 is 23.1 Å². The Kier molecular flexibility index (Phi) is 3.20. The van der Waals surface area contributed by atoms with E-state index in [-0.39, 0.29) is 17.1 Å². The number of aromatic carboxylic acids is 1. The quantitative estimate of drug-likeness (QED) is 0.909. The van der Waals surface area contributed by atoms with Crippen LogP contribution in [0.1, 0.15) is 16.1 Å². The van der Waals surface area contributed by atoms with Crippen LogP contribution < -0.4 is 0 Å². The Balaban J connectivity index is 2.60. The number of hydrogen-bond donors (Lipinski definition) is 1. The molecule has 7 heteroatoms. The predicted octanol–water partition coefficient (Wildman–Crippen LogP) is 2.86. The van der Waals surface area contributed by atoms with Crippen LogP contribution in [0.25, 0.3) is 11.4 Å². The monoisotopic (exact) mass is 268 g/mol. The van der Waals surface area contributed by atoms with Gasteiger partial charge >= 0.3 is 12.1 Å². The zero-order valence-corrected chi connectivity index (χ0v) is 9.35. The van der Waals surface area contributed by atoms with Gasteiger partial charge in [0.1, 0.15) is 0 Å². The molecule has 1 aromatic heterocycles. The van der Waals surface area contributed by atoms with Gasteiger partial charge in [-0.15, -0.1) is 0 Å². The molecule has 19 heavy (non-hydrogen) atoms. The third-order valence-electron chi connectivity index (χ3n) is 2.35. The molecule has 4 nitrogen and oxygen atoms in total. The van der Waals surface area contributed by atoms with Crippen LogP contribution in [0.15, 0.2) is 36.5 Å². The van der Waals surface area contributed by atoms with Crippen molar-refractivity contribution in [3.63, 3.8) is 0 Å². The zero-order chi connectivity index (χ0) is 14.0. The van der Waals surface area contributed by atoms with E-state index in [1.54, 1.807) is 0 Å². The standard InChI is InChI=1S/C12H7F3N2O2/c13-12(14,15)8-4-2-1-3-7(8)10-16-6-5-9(17-10)11(18)19/h1-6H,(H,18,19). The summed E-state index contributed by atoms with van der Waals surface area (Å²) in [5, 5.41) is 8.77. The van der Waals surface area contributed by atoms with Crippen LogP contribution >= 0.6 is 0 Å². The summed E-state index contributed by atoms with van der Waals surface area (Å²) < 4.78 is 38.5. The van der Waals surface area contributed by atoms with Crippen LogP contribution in [-0.2, 0) is 6.18 Å². The molecule has 2 aromatic rings. The molecular weight excluding hydrogens is 261 g/mol. The zero-order valence-electron chi connectivity index (χ0n) is 9.35. The second-order valence-corrected chi connectivity index (χ2v) is 3.61. The Labute approximate surface area is 105 Å². The van der Waals surface area contributed by atoms with Crippen LogP contribution in [0.5, 0.6) is 0 Å². The molecule has 98 valence electrons. The summed E-state index contributed by atoms with van der Waals surface area (Å²) in [5.41, 5.74) is -1.52. The summed E-state index contributed by atoms with van der Waals surface area (Å²) in [7, 11) is 0. The summed E-state index contributed by atoms with van der Waals surface area (Å²) in [5.74, 6) is -1.60. The molecule has 2 rings (SSSR count). The number of halogens is 3. The Bertz CT molecular complexity index is 626. The topological polar surface area (TPSA) is 63.1 Å². The van der Waals surface area contributed by atoms with E-state index in [1.807, 2.05) is 0 Å². The Morgan fingerprint density at radius 3 is 2.47 bits per heavy atom. The molecule has 0 saturated carbocycles. The second kappa shape index (κ2) is 4.68. The highest BCUT2D eigenvalue weighted by molar-refractivity contribution is 5.85. The van der Waals surface area contributed by atoms with E-state index in [0.29, 0.717) is 0 Å². The van der Waals surface area contributed by atoms with Gasteiger partial charge in [-0.2, -0.15) is 13.2 Å². The first-order valence-corrected chi connectivity index (χ1v) is 5.12. The van der Waals surface area contributed by atoms with Crippen molar-refractivity contribution in [1.82, 2.24) is 9.97 Å². The van der Waals surface area contributed by atoms with Crippen molar-refractivity contribution >= 4 is 5.97 Å². The number of carboxylic acid groups (broad SMARTS) is 1. The second-order valence-electron chi connectivity index (χ2n) is 3.61. The first kappa shape index (κ1) is 13.0. The van der Waals surface area contributed by atoms with Gasteiger partial charge in [0, 0.05) is 11.8 Å². The normalized spacial score (nSPS) is 11.3. The number of benzene rings is 1. The molecule has 0 spiro atoms. The molecule has 0 radical (unpaired) electrons. The van der Waals surface area contributed by atoms with Crippen molar-refractivity contribution in [2.24, 2.45) is 0 Å². The smallest absolute Gasteiger partial charge is 0.417 e. The van der Waals surface area contributed by atoms with Crippen LogP contribution in [0.2, 0.25) is 0 Å². The van der Waals surface area contributed by atoms with Gasteiger partial charge in [0.05, 0.1) is 5.56 Å². The minimum absolute atomic E-state index is 0.252. The summed E-state index contributed by atoms with van der Waals surface area (Å²) >= 11 is 0. The maximum atomic E-state index is 12.8. The van der Waals surface area contributed by atoms with E-state index in [1.165, 1.54) is 18.2 Å². The molecular formula is C12H7F3N2O2. The van der Waals surface area contributed by atoms with Gasteiger partial charge in [0.25, 0.3) is 0 Å². The Morgan fingerprint density at radius 1 is 1.16 bits per heavy atom. The highest BCUT2D eigenvalue weighted by Gasteiger charge is 2.34. The van der Waals surface area contributed by atoms with Crippen LogP contribution in [-0.4, -0.2) is 21.0 Å². The fraction of sp³-hybridized carbons (Fsp3) is 0.0833. The van der Waals surface area contributed by atoms with Gasteiger partial charge in [-0.1, -0.05) is 18.2 Å². The molecule has 0 aliphatic heterocycles. The fourth-order valence-electron chi connectivity index (χ4n) is 1.53. The van der Waals surface area contributed by atoms with Crippen molar-refractivity contribution in [3.05, 3.63) is 47.8 Å². The van der Waals surface area contributed by atoms with Crippen molar-refractivity contribution in [2.45, 2.75) is 6.18 Å². The molecule has 0 amide bonds. The van der Waals surface area contributed by atoms with Crippen LogP contribution in [0, 0.1) is 0 Å². The molecule has 1 aromatic carbocycles. The summed E-state index contributed by atoms with van der Waals surface area (Å²) in [6, 6.07) is 5.85. The summed E-state index contributed by atoms with van der Waals surface area (Å²) in [6.45, 7) is 0. The number of carbonyl (C=O) groups is 1. The molecule has 0 aliphatic carbocycles. The van der Waals surface area contributed by atoms with E-state index in [0.717, 1.165) is 18.3 Å². The average Bonchev–Trinajstić information content (AvgIpc) is 2.38. The molecule has 0 fully saturated rings. The van der Waals surface area contributed by atoms with Gasteiger partial charge in [-0.3, -0.25) is 0 Å². The van der Waals surface area contributed by atoms with Gasteiger partial charge in [-0.25, -0.2) is 14.8 Å². The molecule has 0 bridgehead atoms. The highest BCUT2D eigenvalue weighted by Crippen LogP contribution is 2.35. The Hall–Kier alpha value is -2.44. The third-order valence-corrected chi connectivity index (χ3v) is 2.35. The van der Waals surface area contributed by atoms with E-state index in [9.17, 15) is 18.0 Å². The lowest BCUT2D eigenvalue weighted by molar-refractivity contribution is -0.137. The minimum Gasteiger partial charge on any atom is -0.477 e. The molecule has 0 saturated heterocycles. The van der Waals surface area contributed by atoms with E-state index in [4.69, 9.17) is 5.11 Å². The maximum absolute atomic E-state index is 12.8. The predicted molar refractivity (Wildman–Crippen MR) is 59.4 cm³/mol. The van der Waals surface area contributed by atoms with Crippen molar-refractivity contribution in [2.75, 3.05) is 0 Å². The van der Waals surface area contributed by atoms with Crippen LogP contribution in [0.4, 0.5) is 13.2 Å². The fourth-order valence-corrected chi connectivity index (χ4v) is 1.53. The lowest BCUT2D eigenvalue weighted by atomic mass is 10.1. The SMILES string of the molecule is O=C(O)c1ccnc(-c2ccccc2C(F)(F)F)n1. The highest BCUT2D eigenvalue weighted by atomic mass is 19.4. The minimum atomic E-state index is -4.56. The first-order valence-electron chi connectivity index (χ1n) is 5.12. The summed E-state index contributed by atoms with van der Waals surface area (Å²) in [4.78, 5) is 18.1. The number of rotatable bonds is 2. The third kappa shape index (κ3) is 2.70. The van der Waals surface area contributed by atoms with Gasteiger partial charge in [0.15, 0.2) is 11.5 Å². The molecule has 1 heterocycles. The molecule has 0 aliphatic rings. The van der Waals surface area contributed by atoms with E-state index in [2.05, 4.69) is 9.97 Å². The van der Waals surface area contributed by atoms with Gasteiger partial charge < -0.3 is 5.11 Å². The van der Waals surface area contributed by atoms with E-state index < -0.39 is 17.7 Å². The Morgan fingerprint density at radius 2 is 1.84 bits per heavy atom. The first-order chi connectivity index (χ1) is 8.89. The molecule has 0 atom stereocenters. The number of aromatic nitrogens is 2. The average molecular weight is 268 g/mol. The number of nitrogens with zero attached hydrogens (tertiary/aromatic N) is 2. The number of hydrogen-bond acceptors (Lipinski definition) is 3. The summed E-state index contributed by atoms with van der Waals surface area (Å²) in [6.07, 6.45) is -3.45. The van der Waals surface area contributed by atoms with Crippen molar-refractivity contribution in [1.29, 1.82) is 0 Å². The van der Waals surface area contributed by atoms with Gasteiger partial charge in [-0.05, 0) is 12.1 Å². The number of carboxylic acids is 1. The van der Waals surface area contributed by atoms with Crippen LogP contribution in [0.3, 0.4) is 0 Å². The maximum Gasteiger partial charge on any atom is 0.417 e.